The molecule has 1 heterocycles. The van der Waals surface area contributed by atoms with Crippen LogP contribution in [0.1, 0.15) is 31.1 Å². The molecule has 0 saturated carbocycles. The Morgan fingerprint density at radius 1 is 1.33 bits per heavy atom. The Balaban J connectivity index is 2.22. The van der Waals surface area contributed by atoms with Crippen LogP contribution in [-0.2, 0) is 19.6 Å². The first-order valence-electron chi connectivity index (χ1n) is 6.71. The molecule has 0 bridgehead atoms. The quantitative estimate of drug-likeness (QED) is 0.892. The molecule has 1 saturated heterocycles. The monoisotopic (exact) mass is 310 g/mol. The highest BCUT2D eigenvalue weighted by molar-refractivity contribution is 7.90. The maximum absolute atomic E-state index is 12.5. The summed E-state index contributed by atoms with van der Waals surface area (Å²) in [6.07, 6.45) is -0.124. The summed E-state index contributed by atoms with van der Waals surface area (Å²) in [7, 11) is -3.84. The summed E-state index contributed by atoms with van der Waals surface area (Å²) in [5.41, 5.74) is 0.567. The normalized spacial score (nSPS) is 20.8. The van der Waals surface area contributed by atoms with Crippen LogP contribution in [-0.4, -0.2) is 37.1 Å². The summed E-state index contributed by atoms with van der Waals surface area (Å²) in [6, 6.07) is 8.47. The molecule has 21 heavy (non-hydrogen) atoms. The standard InChI is InChI=1S/C14H18N2O4S/c1-10(2)15-13(17)9-16-14(18)8-12(21(16,19)20)11-6-4-3-5-7-11/h3-7,10,12H,8-9H2,1-2H3,(H,15,17). The Bertz CT molecular complexity index is 640. The van der Waals surface area contributed by atoms with E-state index in [1.54, 1.807) is 44.2 Å². The average molecular weight is 310 g/mol. The summed E-state index contributed by atoms with van der Waals surface area (Å²) < 4.78 is 25.6. The topological polar surface area (TPSA) is 83.6 Å². The molecule has 1 unspecified atom stereocenters. The number of hydrogen-bond donors (Lipinski definition) is 1. The highest BCUT2D eigenvalue weighted by Gasteiger charge is 2.45. The summed E-state index contributed by atoms with van der Waals surface area (Å²) >= 11 is 0. The summed E-state index contributed by atoms with van der Waals surface area (Å²) in [6.45, 7) is 3.08. The summed E-state index contributed by atoms with van der Waals surface area (Å²) in [5, 5.41) is 1.68. The first-order valence-corrected chi connectivity index (χ1v) is 8.21. The second-order valence-electron chi connectivity index (χ2n) is 5.27. The van der Waals surface area contributed by atoms with Crippen molar-refractivity contribution in [1.29, 1.82) is 0 Å². The van der Waals surface area contributed by atoms with Gasteiger partial charge in [-0.05, 0) is 19.4 Å². The molecule has 2 rings (SSSR count). The lowest BCUT2D eigenvalue weighted by Gasteiger charge is -2.17. The Morgan fingerprint density at radius 2 is 1.95 bits per heavy atom. The Hall–Kier alpha value is -1.89. The number of amides is 2. The van der Waals surface area contributed by atoms with Crippen LogP contribution < -0.4 is 5.32 Å². The number of rotatable bonds is 4. The lowest BCUT2D eigenvalue weighted by molar-refractivity contribution is -0.130. The maximum Gasteiger partial charge on any atom is 0.245 e. The van der Waals surface area contributed by atoms with E-state index in [4.69, 9.17) is 0 Å². The Kier molecular flexibility index (Phi) is 4.32. The van der Waals surface area contributed by atoms with Crippen molar-refractivity contribution in [2.45, 2.75) is 31.6 Å². The molecule has 1 aromatic carbocycles. The van der Waals surface area contributed by atoms with Gasteiger partial charge in [0.05, 0.1) is 6.42 Å². The van der Waals surface area contributed by atoms with Crippen molar-refractivity contribution < 1.29 is 18.0 Å². The van der Waals surface area contributed by atoms with Crippen molar-refractivity contribution in [2.75, 3.05) is 6.54 Å². The van der Waals surface area contributed by atoms with Gasteiger partial charge in [-0.3, -0.25) is 9.59 Å². The lowest BCUT2D eigenvalue weighted by Crippen LogP contribution is -2.42. The molecular formula is C14H18N2O4S. The van der Waals surface area contributed by atoms with E-state index < -0.39 is 33.6 Å². The minimum atomic E-state index is -3.84. The second kappa shape index (κ2) is 5.85. The van der Waals surface area contributed by atoms with Crippen molar-refractivity contribution in [3.8, 4) is 0 Å². The molecule has 114 valence electrons. The van der Waals surface area contributed by atoms with E-state index in [-0.39, 0.29) is 12.5 Å². The molecule has 1 aliphatic heterocycles. The third-order valence-electron chi connectivity index (χ3n) is 3.21. The van der Waals surface area contributed by atoms with E-state index in [0.29, 0.717) is 9.87 Å². The number of carbonyl (C=O) groups excluding carboxylic acids is 2. The Morgan fingerprint density at radius 3 is 2.52 bits per heavy atom. The smallest absolute Gasteiger partial charge is 0.245 e. The molecule has 1 atom stereocenters. The van der Waals surface area contributed by atoms with Gasteiger partial charge in [0.2, 0.25) is 21.8 Å². The minimum Gasteiger partial charge on any atom is -0.352 e. The molecule has 1 aromatic rings. The fraction of sp³-hybridized carbons (Fsp3) is 0.429. The van der Waals surface area contributed by atoms with E-state index in [1.807, 2.05) is 0 Å². The first kappa shape index (κ1) is 15.5. The molecule has 7 heteroatoms. The van der Waals surface area contributed by atoms with Gasteiger partial charge in [-0.25, -0.2) is 12.7 Å². The van der Waals surface area contributed by atoms with Gasteiger partial charge < -0.3 is 5.32 Å². The predicted molar refractivity (Wildman–Crippen MR) is 77.7 cm³/mol. The highest BCUT2D eigenvalue weighted by atomic mass is 32.2. The van der Waals surface area contributed by atoms with Crippen LogP contribution in [0.2, 0.25) is 0 Å². The van der Waals surface area contributed by atoms with Crippen LogP contribution in [0, 0.1) is 0 Å². The van der Waals surface area contributed by atoms with Gasteiger partial charge in [-0.2, -0.15) is 0 Å². The second-order valence-corrected chi connectivity index (χ2v) is 7.31. The average Bonchev–Trinajstić information content (AvgIpc) is 2.62. The molecule has 0 radical (unpaired) electrons. The van der Waals surface area contributed by atoms with Gasteiger partial charge in [0.25, 0.3) is 0 Å². The van der Waals surface area contributed by atoms with Gasteiger partial charge >= 0.3 is 0 Å². The summed E-state index contributed by atoms with van der Waals surface area (Å²) in [4.78, 5) is 23.7. The molecular weight excluding hydrogens is 292 g/mol. The molecule has 0 aliphatic carbocycles. The largest absolute Gasteiger partial charge is 0.352 e. The number of hydrogen-bond acceptors (Lipinski definition) is 4. The number of sulfonamides is 1. The number of carbonyl (C=O) groups is 2. The van der Waals surface area contributed by atoms with Gasteiger partial charge in [-0.1, -0.05) is 30.3 Å². The number of nitrogens with one attached hydrogen (secondary N) is 1. The van der Waals surface area contributed by atoms with Gasteiger partial charge in [0.1, 0.15) is 11.8 Å². The maximum atomic E-state index is 12.5. The first-order chi connectivity index (χ1) is 9.82. The number of nitrogens with zero attached hydrogens (tertiary/aromatic N) is 1. The molecule has 2 amide bonds. The summed E-state index contributed by atoms with van der Waals surface area (Å²) in [5.74, 6) is -1.02. The zero-order valence-corrected chi connectivity index (χ0v) is 12.8. The van der Waals surface area contributed by atoms with Gasteiger partial charge in [0, 0.05) is 6.04 Å². The molecule has 0 spiro atoms. The van der Waals surface area contributed by atoms with Crippen LogP contribution >= 0.6 is 0 Å². The molecule has 6 nitrogen and oxygen atoms in total. The van der Waals surface area contributed by atoms with Crippen molar-refractivity contribution in [1.82, 2.24) is 9.62 Å². The van der Waals surface area contributed by atoms with Crippen LogP contribution in [0.5, 0.6) is 0 Å². The van der Waals surface area contributed by atoms with Crippen molar-refractivity contribution in [3.05, 3.63) is 35.9 Å². The van der Waals surface area contributed by atoms with Crippen LogP contribution in [0.4, 0.5) is 0 Å². The molecule has 1 aliphatic rings. The lowest BCUT2D eigenvalue weighted by atomic mass is 10.1. The van der Waals surface area contributed by atoms with E-state index in [9.17, 15) is 18.0 Å². The highest BCUT2D eigenvalue weighted by Crippen LogP contribution is 2.35. The SMILES string of the molecule is CC(C)NC(=O)CN1C(=O)CC(c2ccccc2)S1(=O)=O. The van der Waals surface area contributed by atoms with E-state index in [0.717, 1.165) is 0 Å². The Labute approximate surface area is 124 Å². The fourth-order valence-electron chi connectivity index (χ4n) is 2.29. The fourth-order valence-corrected chi connectivity index (χ4v) is 4.11. The van der Waals surface area contributed by atoms with E-state index >= 15 is 0 Å². The third kappa shape index (κ3) is 3.24. The van der Waals surface area contributed by atoms with Crippen molar-refractivity contribution >= 4 is 21.8 Å². The van der Waals surface area contributed by atoms with E-state index in [2.05, 4.69) is 5.32 Å². The minimum absolute atomic E-state index is 0.108. The predicted octanol–water partition coefficient (Wildman–Crippen LogP) is 0.814. The van der Waals surface area contributed by atoms with Gasteiger partial charge in [-0.15, -0.1) is 0 Å². The van der Waals surface area contributed by atoms with Gasteiger partial charge in [0.15, 0.2) is 0 Å². The zero-order valence-electron chi connectivity index (χ0n) is 11.9. The molecule has 0 aromatic heterocycles. The number of benzene rings is 1. The third-order valence-corrected chi connectivity index (χ3v) is 5.32. The van der Waals surface area contributed by atoms with Crippen molar-refractivity contribution in [2.24, 2.45) is 0 Å². The zero-order chi connectivity index (χ0) is 15.6. The molecule has 1 fully saturated rings. The van der Waals surface area contributed by atoms with Crippen LogP contribution in [0.15, 0.2) is 30.3 Å². The van der Waals surface area contributed by atoms with Crippen LogP contribution in [0.3, 0.4) is 0 Å². The van der Waals surface area contributed by atoms with Crippen molar-refractivity contribution in [3.63, 3.8) is 0 Å². The van der Waals surface area contributed by atoms with Crippen LogP contribution in [0.25, 0.3) is 0 Å². The van der Waals surface area contributed by atoms with E-state index in [1.165, 1.54) is 0 Å². The molecule has 1 N–H and O–H groups in total.